The number of rotatable bonds is 2. The molecular formula is C14H7Br3F4. The topological polar surface area (TPSA) is 0 Å². The van der Waals surface area contributed by atoms with Crippen LogP contribution in [0.5, 0.6) is 0 Å². The van der Waals surface area contributed by atoms with Crippen LogP contribution in [0.25, 0.3) is 0 Å². The fourth-order valence-corrected chi connectivity index (χ4v) is 3.22. The van der Waals surface area contributed by atoms with E-state index in [9.17, 15) is 17.6 Å². The summed E-state index contributed by atoms with van der Waals surface area (Å²) >= 11 is 9.31. The Morgan fingerprint density at radius 1 is 0.857 bits per heavy atom. The molecule has 0 spiro atoms. The van der Waals surface area contributed by atoms with E-state index in [1.54, 1.807) is 6.07 Å². The zero-order chi connectivity index (χ0) is 15.8. The van der Waals surface area contributed by atoms with Gasteiger partial charge in [-0.3, -0.25) is 0 Å². The first-order valence-electron chi connectivity index (χ1n) is 5.66. The van der Waals surface area contributed by atoms with Gasteiger partial charge in [0.2, 0.25) is 0 Å². The minimum absolute atomic E-state index is 0.0151. The zero-order valence-corrected chi connectivity index (χ0v) is 14.9. The second-order valence-electron chi connectivity index (χ2n) is 4.27. The molecule has 0 bridgehead atoms. The molecule has 0 saturated carbocycles. The van der Waals surface area contributed by atoms with E-state index >= 15 is 0 Å². The quantitative estimate of drug-likeness (QED) is 0.319. The van der Waals surface area contributed by atoms with E-state index in [1.807, 2.05) is 0 Å². The van der Waals surface area contributed by atoms with Gasteiger partial charge in [-0.2, -0.15) is 13.2 Å². The van der Waals surface area contributed by atoms with Crippen molar-refractivity contribution >= 4 is 47.8 Å². The third-order valence-corrected chi connectivity index (χ3v) is 5.18. The smallest absolute Gasteiger partial charge is 0.206 e. The van der Waals surface area contributed by atoms with Crippen molar-refractivity contribution in [2.45, 2.75) is 11.0 Å². The van der Waals surface area contributed by atoms with Crippen molar-refractivity contribution < 1.29 is 17.6 Å². The lowest BCUT2D eigenvalue weighted by Crippen LogP contribution is -2.07. The molecule has 0 amide bonds. The van der Waals surface area contributed by atoms with Gasteiger partial charge in [0.1, 0.15) is 5.82 Å². The van der Waals surface area contributed by atoms with Gasteiger partial charge in [0.15, 0.2) is 0 Å². The van der Waals surface area contributed by atoms with Crippen molar-refractivity contribution in [1.29, 1.82) is 0 Å². The van der Waals surface area contributed by atoms with Gasteiger partial charge in [-0.05, 0) is 51.3 Å². The maximum Gasteiger partial charge on any atom is 0.417 e. The van der Waals surface area contributed by atoms with Gasteiger partial charge >= 0.3 is 6.18 Å². The van der Waals surface area contributed by atoms with E-state index < -0.39 is 22.4 Å². The summed E-state index contributed by atoms with van der Waals surface area (Å²) in [5.41, 5.74) is 0.341. The molecule has 0 aliphatic heterocycles. The molecule has 0 fully saturated rings. The standard InChI is InChI=1S/C14H7Br3F4/c15-10-3-1-7(5-9(10)14(19,20)21)13(17)8-2-4-12(18)11(16)6-8/h1-6,13H. The predicted molar refractivity (Wildman–Crippen MR) is 84.0 cm³/mol. The van der Waals surface area contributed by atoms with Crippen LogP contribution in [-0.4, -0.2) is 0 Å². The van der Waals surface area contributed by atoms with Crippen LogP contribution in [0.4, 0.5) is 17.6 Å². The molecule has 0 heterocycles. The van der Waals surface area contributed by atoms with Gasteiger partial charge in [0, 0.05) is 4.47 Å². The molecule has 0 nitrogen and oxygen atoms in total. The Labute approximate surface area is 143 Å². The molecular weight excluding hydrogens is 484 g/mol. The minimum atomic E-state index is -4.44. The Bertz CT molecular complexity index is 668. The number of hydrogen-bond donors (Lipinski definition) is 0. The van der Waals surface area contributed by atoms with Crippen molar-refractivity contribution in [3.63, 3.8) is 0 Å². The first kappa shape index (κ1) is 17.0. The molecule has 0 saturated heterocycles. The van der Waals surface area contributed by atoms with Crippen LogP contribution in [0.3, 0.4) is 0 Å². The van der Waals surface area contributed by atoms with E-state index in [0.29, 0.717) is 11.1 Å². The molecule has 0 radical (unpaired) electrons. The number of hydrogen-bond acceptors (Lipinski definition) is 0. The number of alkyl halides is 4. The van der Waals surface area contributed by atoms with Crippen molar-refractivity contribution in [3.05, 3.63) is 67.9 Å². The van der Waals surface area contributed by atoms with Gasteiger partial charge in [0.25, 0.3) is 0 Å². The normalized spacial score (nSPS) is 13.3. The van der Waals surface area contributed by atoms with Gasteiger partial charge in [0.05, 0.1) is 14.9 Å². The highest BCUT2D eigenvalue weighted by molar-refractivity contribution is 9.11. The highest BCUT2D eigenvalue weighted by Gasteiger charge is 2.33. The molecule has 2 aromatic carbocycles. The average Bonchev–Trinajstić information content (AvgIpc) is 2.40. The third-order valence-electron chi connectivity index (χ3n) is 2.82. The van der Waals surface area contributed by atoms with Crippen LogP contribution < -0.4 is 0 Å². The lowest BCUT2D eigenvalue weighted by molar-refractivity contribution is -0.138. The second-order valence-corrected chi connectivity index (χ2v) is 6.90. The summed E-state index contributed by atoms with van der Waals surface area (Å²) in [4.78, 5) is -0.469. The molecule has 2 rings (SSSR count). The molecule has 0 aliphatic carbocycles. The molecule has 21 heavy (non-hydrogen) atoms. The Morgan fingerprint density at radius 2 is 1.43 bits per heavy atom. The van der Waals surface area contributed by atoms with Crippen LogP contribution >= 0.6 is 47.8 Å². The van der Waals surface area contributed by atoms with Crippen LogP contribution in [0, 0.1) is 5.82 Å². The molecule has 2 aromatic rings. The minimum Gasteiger partial charge on any atom is -0.206 e. The SMILES string of the molecule is Fc1ccc(C(Br)c2ccc(Br)c(C(F)(F)F)c2)cc1Br. The highest BCUT2D eigenvalue weighted by atomic mass is 79.9. The summed E-state index contributed by atoms with van der Waals surface area (Å²) in [5.74, 6) is -0.426. The largest absolute Gasteiger partial charge is 0.417 e. The van der Waals surface area contributed by atoms with Crippen LogP contribution in [0.2, 0.25) is 0 Å². The Hall–Kier alpha value is -0.400. The maximum atomic E-state index is 13.2. The average molecular weight is 491 g/mol. The van der Waals surface area contributed by atoms with E-state index in [0.717, 1.165) is 6.07 Å². The lowest BCUT2D eigenvalue weighted by Gasteiger charge is -2.15. The van der Waals surface area contributed by atoms with E-state index in [2.05, 4.69) is 47.8 Å². The van der Waals surface area contributed by atoms with Crippen LogP contribution in [-0.2, 0) is 6.18 Å². The predicted octanol–water partition coefficient (Wildman–Crippen LogP) is 6.85. The number of halogens is 7. The Kier molecular flexibility index (Phi) is 5.15. The summed E-state index contributed by atoms with van der Waals surface area (Å²) in [6.45, 7) is 0. The monoisotopic (exact) mass is 488 g/mol. The second kappa shape index (κ2) is 6.38. The Balaban J connectivity index is 2.44. The van der Waals surface area contributed by atoms with Crippen molar-refractivity contribution in [2.75, 3.05) is 0 Å². The van der Waals surface area contributed by atoms with E-state index in [1.165, 1.54) is 24.3 Å². The summed E-state index contributed by atoms with van der Waals surface area (Å²) < 4.78 is 52.2. The molecule has 0 N–H and O–H groups in total. The van der Waals surface area contributed by atoms with Gasteiger partial charge in [-0.25, -0.2) is 4.39 Å². The van der Waals surface area contributed by atoms with Crippen LogP contribution in [0.15, 0.2) is 45.3 Å². The lowest BCUT2D eigenvalue weighted by atomic mass is 10.0. The first-order chi connectivity index (χ1) is 9.70. The summed E-state index contributed by atoms with van der Waals surface area (Å²) in [7, 11) is 0. The van der Waals surface area contributed by atoms with Gasteiger partial charge < -0.3 is 0 Å². The van der Waals surface area contributed by atoms with Crippen LogP contribution in [0.1, 0.15) is 21.5 Å². The third kappa shape index (κ3) is 3.87. The molecule has 0 aromatic heterocycles. The molecule has 112 valence electrons. The van der Waals surface area contributed by atoms with Crippen molar-refractivity contribution in [3.8, 4) is 0 Å². The fraction of sp³-hybridized carbons (Fsp3) is 0.143. The van der Waals surface area contributed by atoms with Gasteiger partial charge in [-0.15, -0.1) is 0 Å². The van der Waals surface area contributed by atoms with E-state index in [4.69, 9.17) is 0 Å². The first-order valence-corrected chi connectivity index (χ1v) is 8.16. The van der Waals surface area contributed by atoms with Crippen molar-refractivity contribution in [2.24, 2.45) is 0 Å². The Morgan fingerprint density at radius 3 is 2.00 bits per heavy atom. The zero-order valence-electron chi connectivity index (χ0n) is 10.2. The van der Waals surface area contributed by atoms with Crippen molar-refractivity contribution in [1.82, 2.24) is 0 Å². The fourth-order valence-electron chi connectivity index (χ4n) is 1.78. The maximum absolute atomic E-state index is 13.2. The molecule has 1 unspecified atom stereocenters. The number of benzene rings is 2. The summed E-state index contributed by atoms with van der Waals surface area (Å²) in [5, 5.41) is 0. The van der Waals surface area contributed by atoms with Gasteiger partial charge in [-0.1, -0.05) is 44.0 Å². The summed E-state index contributed by atoms with van der Waals surface area (Å²) in [6.07, 6.45) is -4.44. The van der Waals surface area contributed by atoms with E-state index in [-0.39, 0.29) is 8.95 Å². The highest BCUT2D eigenvalue weighted by Crippen LogP contribution is 2.39. The molecule has 1 atom stereocenters. The molecule has 7 heteroatoms. The molecule has 0 aliphatic rings. The summed E-state index contributed by atoms with van der Waals surface area (Å²) in [6, 6.07) is 8.32.